The van der Waals surface area contributed by atoms with E-state index in [2.05, 4.69) is 25.2 Å². The number of rotatable bonds is 7. The number of carboxylic acid groups (broad SMARTS) is 1. The predicted molar refractivity (Wildman–Crippen MR) is 77.0 cm³/mol. The third-order valence-electron chi connectivity index (χ3n) is 2.71. The number of aromatic carboxylic acids is 1. The summed E-state index contributed by atoms with van der Waals surface area (Å²) in [5, 5.41) is 19.8. The zero-order valence-corrected chi connectivity index (χ0v) is 13.4. The lowest BCUT2D eigenvalue weighted by atomic mass is 10.4. The molecule has 0 aromatic carbocycles. The van der Waals surface area contributed by atoms with Gasteiger partial charge in [-0.2, -0.15) is 0 Å². The van der Waals surface area contributed by atoms with E-state index in [1.807, 2.05) is 0 Å². The van der Waals surface area contributed by atoms with Crippen LogP contribution in [0, 0.1) is 6.92 Å². The van der Waals surface area contributed by atoms with Gasteiger partial charge < -0.3 is 5.11 Å². The van der Waals surface area contributed by atoms with Gasteiger partial charge in [0.1, 0.15) is 16.2 Å². The first-order chi connectivity index (χ1) is 10.3. The molecule has 12 heteroatoms. The zero-order valence-electron chi connectivity index (χ0n) is 11.8. The van der Waals surface area contributed by atoms with Crippen molar-refractivity contribution in [3.05, 3.63) is 21.9 Å². The molecule has 120 valence electrons. The molecule has 0 radical (unpaired) electrons. The van der Waals surface area contributed by atoms with Gasteiger partial charge in [-0.1, -0.05) is 0 Å². The standard InChI is InChI=1S/C10H14N6O4S2/c1-6-8(10(17)18)21-9(12-6)7(2)13-22(19,20)4-3-16-5-11-14-15-16/h5,7,13H,3-4H2,1-2H3,(H,17,18). The van der Waals surface area contributed by atoms with Crippen LogP contribution in [0.25, 0.3) is 0 Å². The van der Waals surface area contributed by atoms with Gasteiger partial charge in [0.25, 0.3) is 0 Å². The summed E-state index contributed by atoms with van der Waals surface area (Å²) in [6, 6.07) is -0.615. The Hall–Kier alpha value is -1.92. The van der Waals surface area contributed by atoms with E-state index in [-0.39, 0.29) is 17.2 Å². The first-order valence-corrected chi connectivity index (χ1v) is 8.67. The van der Waals surface area contributed by atoms with Crippen LogP contribution in [0.5, 0.6) is 0 Å². The van der Waals surface area contributed by atoms with E-state index in [0.717, 1.165) is 11.3 Å². The molecule has 0 aliphatic heterocycles. The Morgan fingerprint density at radius 1 is 1.55 bits per heavy atom. The van der Waals surface area contributed by atoms with Gasteiger partial charge in [0.2, 0.25) is 10.0 Å². The molecule has 2 aromatic rings. The van der Waals surface area contributed by atoms with Crippen molar-refractivity contribution < 1.29 is 18.3 Å². The lowest BCUT2D eigenvalue weighted by Crippen LogP contribution is -2.30. The highest BCUT2D eigenvalue weighted by Gasteiger charge is 2.21. The number of nitrogens with zero attached hydrogens (tertiary/aromatic N) is 5. The largest absolute Gasteiger partial charge is 0.477 e. The molecule has 2 aromatic heterocycles. The minimum Gasteiger partial charge on any atom is -0.477 e. The fourth-order valence-corrected chi connectivity index (χ4v) is 3.85. The quantitative estimate of drug-likeness (QED) is 0.703. The van der Waals surface area contributed by atoms with Crippen LogP contribution in [0.2, 0.25) is 0 Å². The van der Waals surface area contributed by atoms with Crippen molar-refractivity contribution in [2.75, 3.05) is 5.75 Å². The number of aryl methyl sites for hydroxylation is 2. The van der Waals surface area contributed by atoms with Crippen molar-refractivity contribution >= 4 is 27.3 Å². The molecule has 0 fully saturated rings. The summed E-state index contributed by atoms with van der Waals surface area (Å²) in [4.78, 5) is 15.2. The molecular weight excluding hydrogens is 332 g/mol. The molecule has 0 aliphatic rings. The fourth-order valence-electron chi connectivity index (χ4n) is 1.68. The molecule has 0 bridgehead atoms. The van der Waals surface area contributed by atoms with Gasteiger partial charge in [-0.3, -0.25) is 0 Å². The predicted octanol–water partition coefficient (Wildman–Crippen LogP) is -0.183. The Kier molecular flexibility index (Phi) is 4.83. The third kappa shape index (κ3) is 4.05. The van der Waals surface area contributed by atoms with Crippen LogP contribution in [0.3, 0.4) is 0 Å². The summed E-state index contributed by atoms with van der Waals surface area (Å²) >= 11 is 0.957. The summed E-state index contributed by atoms with van der Waals surface area (Å²) in [6.07, 6.45) is 1.32. The van der Waals surface area contributed by atoms with Crippen LogP contribution in [-0.4, -0.2) is 50.4 Å². The Bertz CT molecular complexity index is 754. The van der Waals surface area contributed by atoms with Crippen LogP contribution < -0.4 is 4.72 Å². The summed E-state index contributed by atoms with van der Waals surface area (Å²) in [7, 11) is -3.58. The molecule has 1 unspecified atom stereocenters. The zero-order chi connectivity index (χ0) is 16.3. The maximum atomic E-state index is 12.0. The summed E-state index contributed by atoms with van der Waals surface area (Å²) in [5.74, 6) is -1.27. The molecule has 0 aliphatic carbocycles. The number of carboxylic acids is 1. The fraction of sp³-hybridized carbons (Fsp3) is 0.500. The van der Waals surface area contributed by atoms with E-state index in [1.165, 1.54) is 11.0 Å². The van der Waals surface area contributed by atoms with Gasteiger partial charge in [0.15, 0.2) is 0 Å². The van der Waals surface area contributed by atoms with Gasteiger partial charge in [-0.15, -0.1) is 16.4 Å². The number of aromatic nitrogens is 5. The van der Waals surface area contributed by atoms with E-state index in [9.17, 15) is 13.2 Å². The second-order valence-corrected chi connectivity index (χ2v) is 7.41. The minimum atomic E-state index is -3.58. The lowest BCUT2D eigenvalue weighted by molar-refractivity contribution is 0.0701. The number of thiazole rings is 1. The number of nitrogens with one attached hydrogen (secondary N) is 1. The van der Waals surface area contributed by atoms with Crippen molar-refractivity contribution in [1.82, 2.24) is 29.9 Å². The van der Waals surface area contributed by atoms with Gasteiger partial charge in [-0.25, -0.2) is 27.6 Å². The summed E-state index contributed by atoms with van der Waals surface area (Å²) in [5.41, 5.74) is 0.368. The van der Waals surface area contributed by atoms with Crippen LogP contribution in [0.4, 0.5) is 0 Å². The molecule has 0 saturated heterocycles. The highest BCUT2D eigenvalue weighted by Crippen LogP contribution is 2.23. The molecule has 10 nitrogen and oxygen atoms in total. The van der Waals surface area contributed by atoms with Crippen LogP contribution >= 0.6 is 11.3 Å². The first kappa shape index (κ1) is 16.5. The second-order valence-electron chi connectivity index (χ2n) is 4.50. The number of hydrogen-bond donors (Lipinski definition) is 2. The van der Waals surface area contributed by atoms with E-state index < -0.39 is 22.0 Å². The topological polar surface area (TPSA) is 140 Å². The maximum Gasteiger partial charge on any atom is 0.347 e. The van der Waals surface area contributed by atoms with Crippen molar-refractivity contribution in [2.24, 2.45) is 0 Å². The van der Waals surface area contributed by atoms with Crippen molar-refractivity contribution in [1.29, 1.82) is 0 Å². The second kappa shape index (κ2) is 6.46. The van der Waals surface area contributed by atoms with Crippen LogP contribution in [-0.2, 0) is 16.6 Å². The number of tetrazole rings is 1. The average molecular weight is 346 g/mol. The van der Waals surface area contributed by atoms with Gasteiger partial charge in [0, 0.05) is 0 Å². The van der Waals surface area contributed by atoms with Crippen molar-refractivity contribution in [2.45, 2.75) is 26.4 Å². The Morgan fingerprint density at radius 3 is 2.82 bits per heavy atom. The lowest BCUT2D eigenvalue weighted by Gasteiger charge is -2.11. The molecular formula is C10H14N6O4S2. The smallest absolute Gasteiger partial charge is 0.347 e. The van der Waals surface area contributed by atoms with Gasteiger partial charge in [-0.05, 0) is 24.3 Å². The van der Waals surface area contributed by atoms with Crippen LogP contribution in [0.15, 0.2) is 6.33 Å². The molecule has 1 atom stereocenters. The maximum absolute atomic E-state index is 12.0. The van der Waals surface area contributed by atoms with Crippen molar-refractivity contribution in [3.63, 3.8) is 0 Å². The van der Waals surface area contributed by atoms with Crippen molar-refractivity contribution in [3.8, 4) is 0 Å². The number of hydrogen-bond acceptors (Lipinski definition) is 8. The van der Waals surface area contributed by atoms with E-state index in [1.54, 1.807) is 13.8 Å². The molecule has 0 spiro atoms. The minimum absolute atomic E-state index is 0.106. The Morgan fingerprint density at radius 2 is 2.27 bits per heavy atom. The number of sulfonamides is 1. The van der Waals surface area contributed by atoms with E-state index in [4.69, 9.17) is 5.11 Å². The normalized spacial score (nSPS) is 13.2. The average Bonchev–Trinajstić information content (AvgIpc) is 3.04. The summed E-state index contributed by atoms with van der Waals surface area (Å²) < 4.78 is 27.8. The monoisotopic (exact) mass is 346 g/mol. The SMILES string of the molecule is Cc1nc(C(C)NS(=O)(=O)CCn2cnnn2)sc1C(=O)O. The first-order valence-electron chi connectivity index (χ1n) is 6.20. The Balaban J connectivity index is 2.02. The van der Waals surface area contributed by atoms with E-state index in [0.29, 0.717) is 10.7 Å². The molecule has 0 amide bonds. The van der Waals surface area contributed by atoms with Crippen LogP contribution in [0.1, 0.15) is 33.3 Å². The third-order valence-corrected chi connectivity index (χ3v) is 5.48. The molecule has 0 saturated carbocycles. The number of carbonyl (C=O) groups is 1. The van der Waals surface area contributed by atoms with Gasteiger partial charge in [0.05, 0.1) is 24.0 Å². The molecule has 2 heterocycles. The summed E-state index contributed by atoms with van der Waals surface area (Å²) in [6.45, 7) is 3.30. The molecule has 2 rings (SSSR count). The highest BCUT2D eigenvalue weighted by atomic mass is 32.2. The molecule has 2 N–H and O–H groups in total. The highest BCUT2D eigenvalue weighted by molar-refractivity contribution is 7.89. The van der Waals surface area contributed by atoms with E-state index >= 15 is 0 Å². The molecule has 22 heavy (non-hydrogen) atoms. The Labute approximate surface area is 130 Å². The van der Waals surface area contributed by atoms with Gasteiger partial charge >= 0.3 is 5.97 Å².